The molecule has 0 radical (unpaired) electrons. The van der Waals surface area contributed by atoms with Crippen molar-refractivity contribution >= 4 is 11.7 Å². The monoisotopic (exact) mass is 283 g/mol. The number of methoxy groups -OCH3 is 1. The minimum atomic E-state index is -0.825. The van der Waals surface area contributed by atoms with Gasteiger partial charge in [-0.15, -0.1) is 0 Å². The van der Waals surface area contributed by atoms with E-state index in [9.17, 15) is 14.9 Å². The Labute approximate surface area is 116 Å². The number of rotatable bonds is 9. The van der Waals surface area contributed by atoms with Crippen molar-refractivity contribution in [3.05, 3.63) is 28.3 Å². The van der Waals surface area contributed by atoms with Gasteiger partial charge in [-0.05, 0) is 25.3 Å². The first kappa shape index (κ1) is 15.7. The van der Waals surface area contributed by atoms with Crippen LogP contribution >= 0.6 is 0 Å². The van der Waals surface area contributed by atoms with Crippen molar-refractivity contribution < 1.29 is 24.3 Å². The number of ether oxygens (including phenoxy) is 2. The zero-order chi connectivity index (χ0) is 15.0. The van der Waals surface area contributed by atoms with Gasteiger partial charge in [0.1, 0.15) is 5.75 Å². The van der Waals surface area contributed by atoms with Crippen LogP contribution in [0.1, 0.15) is 25.7 Å². The number of unbranched alkanes of at least 4 members (excludes halogenated alkanes) is 2. The molecule has 0 saturated carbocycles. The Balaban J connectivity index is 2.49. The van der Waals surface area contributed by atoms with E-state index in [-0.39, 0.29) is 17.9 Å². The molecule has 0 spiro atoms. The van der Waals surface area contributed by atoms with Crippen molar-refractivity contribution in [1.29, 1.82) is 0 Å². The lowest BCUT2D eigenvalue weighted by atomic mass is 10.2. The maximum Gasteiger partial charge on any atom is 0.311 e. The number of carbonyl (C=O) groups is 1. The summed E-state index contributed by atoms with van der Waals surface area (Å²) in [6, 6.07) is 4.30. The predicted molar refractivity (Wildman–Crippen MR) is 71.2 cm³/mol. The average molecular weight is 283 g/mol. The quantitative estimate of drug-likeness (QED) is 0.425. The Bertz CT molecular complexity index is 474. The summed E-state index contributed by atoms with van der Waals surface area (Å²) in [5, 5.41) is 19.3. The molecule has 0 fully saturated rings. The average Bonchev–Trinajstić information content (AvgIpc) is 2.41. The van der Waals surface area contributed by atoms with Crippen molar-refractivity contribution in [3.8, 4) is 11.5 Å². The normalized spacial score (nSPS) is 10.1. The zero-order valence-corrected chi connectivity index (χ0v) is 11.2. The van der Waals surface area contributed by atoms with Crippen LogP contribution in [0.2, 0.25) is 0 Å². The molecular weight excluding hydrogens is 266 g/mol. The Morgan fingerprint density at radius 1 is 1.35 bits per heavy atom. The maximum absolute atomic E-state index is 10.9. The Kier molecular flexibility index (Phi) is 6.28. The van der Waals surface area contributed by atoms with Gasteiger partial charge in [-0.2, -0.15) is 0 Å². The van der Waals surface area contributed by atoms with Crippen LogP contribution in [-0.4, -0.2) is 29.7 Å². The standard InChI is InChI=1S/C13H17NO6/c1-19-10-6-7-11(14(17)18)12(9-10)20-8-4-2-3-5-13(15)16/h6-7,9H,2-5,8H2,1H3,(H,15,16). The first-order valence-electron chi connectivity index (χ1n) is 6.21. The first-order chi connectivity index (χ1) is 9.54. The van der Waals surface area contributed by atoms with Gasteiger partial charge in [-0.1, -0.05) is 0 Å². The molecule has 1 N–H and O–H groups in total. The van der Waals surface area contributed by atoms with Gasteiger partial charge in [0.15, 0.2) is 0 Å². The topological polar surface area (TPSA) is 98.9 Å². The number of aliphatic carboxylic acids is 1. The van der Waals surface area contributed by atoms with Crippen molar-refractivity contribution in [2.75, 3.05) is 13.7 Å². The van der Waals surface area contributed by atoms with E-state index in [0.29, 0.717) is 31.6 Å². The van der Waals surface area contributed by atoms with Crippen molar-refractivity contribution in [2.45, 2.75) is 25.7 Å². The lowest BCUT2D eigenvalue weighted by molar-refractivity contribution is -0.385. The Hall–Kier alpha value is -2.31. The van der Waals surface area contributed by atoms with Gasteiger partial charge < -0.3 is 14.6 Å². The molecule has 0 aliphatic carbocycles. The Morgan fingerprint density at radius 3 is 2.70 bits per heavy atom. The molecule has 1 rings (SSSR count). The van der Waals surface area contributed by atoms with E-state index in [1.54, 1.807) is 0 Å². The lowest BCUT2D eigenvalue weighted by Crippen LogP contribution is -2.02. The molecule has 0 heterocycles. The number of hydrogen-bond acceptors (Lipinski definition) is 5. The largest absolute Gasteiger partial charge is 0.497 e. The molecular formula is C13H17NO6. The van der Waals surface area contributed by atoms with Crippen LogP contribution in [0.25, 0.3) is 0 Å². The molecule has 20 heavy (non-hydrogen) atoms. The fraction of sp³-hybridized carbons (Fsp3) is 0.462. The highest BCUT2D eigenvalue weighted by Gasteiger charge is 2.15. The predicted octanol–water partition coefficient (Wildman–Crippen LogP) is 2.63. The summed E-state index contributed by atoms with van der Waals surface area (Å²) in [5.74, 6) is -0.182. The maximum atomic E-state index is 10.9. The molecule has 0 saturated heterocycles. The van der Waals surface area contributed by atoms with Crippen LogP contribution in [0.4, 0.5) is 5.69 Å². The number of hydrogen-bond donors (Lipinski definition) is 1. The van der Waals surface area contributed by atoms with Crippen LogP contribution in [0.15, 0.2) is 18.2 Å². The molecule has 7 nitrogen and oxygen atoms in total. The molecule has 7 heteroatoms. The summed E-state index contributed by atoms with van der Waals surface area (Å²) in [6.45, 7) is 0.299. The van der Waals surface area contributed by atoms with Gasteiger partial charge in [-0.3, -0.25) is 14.9 Å². The second-order valence-corrected chi connectivity index (χ2v) is 4.14. The van der Waals surface area contributed by atoms with E-state index in [1.165, 1.54) is 25.3 Å². The minimum Gasteiger partial charge on any atom is -0.497 e. The fourth-order valence-corrected chi connectivity index (χ4v) is 1.63. The molecule has 1 aromatic carbocycles. The summed E-state index contributed by atoms with van der Waals surface area (Å²) in [4.78, 5) is 20.7. The van der Waals surface area contributed by atoms with Crippen LogP contribution in [-0.2, 0) is 4.79 Å². The van der Waals surface area contributed by atoms with E-state index in [1.807, 2.05) is 0 Å². The molecule has 0 amide bonds. The lowest BCUT2D eigenvalue weighted by Gasteiger charge is -2.08. The molecule has 110 valence electrons. The molecule has 0 aliphatic rings. The molecule has 0 bridgehead atoms. The summed E-state index contributed by atoms with van der Waals surface area (Å²) in [6.07, 6.45) is 2.03. The van der Waals surface area contributed by atoms with Gasteiger partial charge in [0.05, 0.1) is 18.6 Å². The zero-order valence-electron chi connectivity index (χ0n) is 11.2. The third kappa shape index (κ3) is 5.13. The Morgan fingerprint density at radius 2 is 2.10 bits per heavy atom. The van der Waals surface area contributed by atoms with Crippen LogP contribution in [0, 0.1) is 10.1 Å². The van der Waals surface area contributed by atoms with Crippen LogP contribution in [0.3, 0.4) is 0 Å². The number of carboxylic acids is 1. The van der Waals surface area contributed by atoms with Gasteiger partial charge in [0.2, 0.25) is 5.75 Å². The third-order valence-corrected chi connectivity index (χ3v) is 2.66. The summed E-state index contributed by atoms with van der Waals surface area (Å²) < 4.78 is 10.4. The molecule has 1 aromatic rings. The highest BCUT2D eigenvalue weighted by molar-refractivity contribution is 5.66. The van der Waals surface area contributed by atoms with Crippen molar-refractivity contribution in [3.63, 3.8) is 0 Å². The second-order valence-electron chi connectivity index (χ2n) is 4.14. The summed E-state index contributed by atoms with van der Waals surface area (Å²) >= 11 is 0. The van der Waals surface area contributed by atoms with E-state index < -0.39 is 10.9 Å². The van der Waals surface area contributed by atoms with Crippen LogP contribution < -0.4 is 9.47 Å². The number of benzene rings is 1. The minimum absolute atomic E-state index is 0.115. The number of nitro groups is 1. The smallest absolute Gasteiger partial charge is 0.311 e. The number of carboxylic acid groups (broad SMARTS) is 1. The van der Waals surface area contributed by atoms with Crippen molar-refractivity contribution in [2.24, 2.45) is 0 Å². The van der Waals surface area contributed by atoms with Crippen LogP contribution in [0.5, 0.6) is 11.5 Å². The highest BCUT2D eigenvalue weighted by Crippen LogP contribution is 2.31. The molecule has 0 aliphatic heterocycles. The van der Waals surface area contributed by atoms with Gasteiger partial charge in [0.25, 0.3) is 0 Å². The van der Waals surface area contributed by atoms with Crippen molar-refractivity contribution in [1.82, 2.24) is 0 Å². The number of nitrogens with zero attached hydrogens (tertiary/aromatic N) is 1. The van der Waals surface area contributed by atoms with E-state index in [4.69, 9.17) is 14.6 Å². The molecule has 0 atom stereocenters. The molecule has 0 aromatic heterocycles. The first-order valence-corrected chi connectivity index (χ1v) is 6.21. The summed E-state index contributed by atoms with van der Waals surface area (Å²) in [5.41, 5.74) is -0.115. The van der Waals surface area contributed by atoms with E-state index in [2.05, 4.69) is 0 Å². The molecule has 0 unspecified atom stereocenters. The fourth-order valence-electron chi connectivity index (χ4n) is 1.63. The SMILES string of the molecule is COc1ccc([N+](=O)[O-])c(OCCCCCC(=O)O)c1. The van der Waals surface area contributed by atoms with Gasteiger partial charge in [0, 0.05) is 18.6 Å². The number of nitro benzene ring substituents is 1. The van der Waals surface area contributed by atoms with Gasteiger partial charge >= 0.3 is 11.7 Å². The van der Waals surface area contributed by atoms with Gasteiger partial charge in [-0.25, -0.2) is 0 Å². The van der Waals surface area contributed by atoms with E-state index >= 15 is 0 Å². The van der Waals surface area contributed by atoms with E-state index in [0.717, 1.165) is 0 Å². The summed E-state index contributed by atoms with van der Waals surface area (Å²) in [7, 11) is 1.47. The third-order valence-electron chi connectivity index (χ3n) is 2.66. The second kappa shape index (κ2) is 7.98. The highest BCUT2D eigenvalue weighted by atomic mass is 16.6.